The molecule has 0 amide bonds. The van der Waals surface area contributed by atoms with Crippen molar-refractivity contribution < 1.29 is 9.84 Å². The second-order valence-electron chi connectivity index (χ2n) is 4.47. The summed E-state index contributed by atoms with van der Waals surface area (Å²) in [5, 5.41) is 8.91. The minimum absolute atomic E-state index is 0. The molecule has 0 fully saturated rings. The van der Waals surface area contributed by atoms with Crippen LogP contribution >= 0.6 is 12.4 Å². The van der Waals surface area contributed by atoms with Crippen molar-refractivity contribution in [1.82, 2.24) is 0 Å². The predicted molar refractivity (Wildman–Crippen MR) is 83.1 cm³/mol. The second-order valence-corrected chi connectivity index (χ2v) is 4.47. The molecule has 0 radical (unpaired) electrons. The Morgan fingerprint density at radius 3 is 2.50 bits per heavy atom. The lowest BCUT2D eigenvalue weighted by Gasteiger charge is -2.12. The highest BCUT2D eigenvalue weighted by Gasteiger charge is 2.06. The average molecular weight is 294 g/mol. The zero-order chi connectivity index (χ0) is 13.5. The third kappa shape index (κ3) is 4.85. The van der Waals surface area contributed by atoms with E-state index in [4.69, 9.17) is 15.6 Å². The number of aliphatic hydroxyl groups is 1. The minimum Gasteiger partial charge on any atom is -0.489 e. The van der Waals surface area contributed by atoms with Gasteiger partial charge in [0.15, 0.2) is 0 Å². The number of hydrogen-bond acceptors (Lipinski definition) is 3. The lowest BCUT2D eigenvalue weighted by atomic mass is 10.1. The molecule has 3 N–H and O–H groups in total. The molecule has 2 aromatic rings. The Morgan fingerprint density at radius 2 is 1.80 bits per heavy atom. The number of hydrogen-bond donors (Lipinski definition) is 2. The fourth-order valence-electron chi connectivity index (χ4n) is 1.88. The molecule has 2 aromatic carbocycles. The highest BCUT2D eigenvalue weighted by molar-refractivity contribution is 5.85. The molecule has 2 rings (SSSR count). The highest BCUT2D eigenvalue weighted by atomic mass is 35.5. The zero-order valence-electron chi connectivity index (χ0n) is 11.2. The fraction of sp³-hybridized carbons (Fsp3) is 0.250. The van der Waals surface area contributed by atoms with E-state index in [1.165, 1.54) is 0 Å². The summed E-state index contributed by atoms with van der Waals surface area (Å²) >= 11 is 0. The maximum atomic E-state index is 8.91. The van der Waals surface area contributed by atoms with Crippen molar-refractivity contribution in [2.75, 3.05) is 6.61 Å². The number of aliphatic hydroxyl groups excluding tert-OH is 1. The van der Waals surface area contributed by atoms with Crippen LogP contribution in [-0.2, 0) is 6.61 Å². The van der Waals surface area contributed by atoms with Crippen molar-refractivity contribution in [2.45, 2.75) is 19.1 Å². The first-order valence-corrected chi connectivity index (χ1v) is 6.42. The smallest absolute Gasteiger partial charge is 0.120 e. The Morgan fingerprint density at radius 1 is 1.05 bits per heavy atom. The van der Waals surface area contributed by atoms with Gasteiger partial charge in [-0.15, -0.1) is 12.4 Å². The van der Waals surface area contributed by atoms with Crippen LogP contribution in [-0.4, -0.2) is 11.7 Å². The minimum atomic E-state index is -0.148. The zero-order valence-corrected chi connectivity index (χ0v) is 12.1. The van der Waals surface area contributed by atoms with Gasteiger partial charge in [0.25, 0.3) is 0 Å². The van der Waals surface area contributed by atoms with Crippen molar-refractivity contribution in [3.63, 3.8) is 0 Å². The summed E-state index contributed by atoms with van der Waals surface area (Å²) in [4.78, 5) is 0. The van der Waals surface area contributed by atoms with Gasteiger partial charge < -0.3 is 15.6 Å². The van der Waals surface area contributed by atoms with Crippen molar-refractivity contribution in [3.8, 4) is 5.75 Å². The Kier molecular flexibility index (Phi) is 7.09. The van der Waals surface area contributed by atoms with Gasteiger partial charge in [-0.3, -0.25) is 0 Å². The molecule has 0 saturated carbocycles. The van der Waals surface area contributed by atoms with Crippen molar-refractivity contribution in [1.29, 1.82) is 0 Å². The Bertz CT molecular complexity index is 505. The molecule has 0 bridgehead atoms. The number of nitrogens with two attached hydrogens (primary N) is 1. The van der Waals surface area contributed by atoms with Crippen LogP contribution in [0.5, 0.6) is 5.75 Å². The van der Waals surface area contributed by atoms with Crippen molar-refractivity contribution in [3.05, 3.63) is 65.7 Å². The van der Waals surface area contributed by atoms with Gasteiger partial charge in [0.1, 0.15) is 12.4 Å². The molecule has 1 unspecified atom stereocenters. The molecule has 0 aliphatic carbocycles. The van der Waals surface area contributed by atoms with Crippen LogP contribution < -0.4 is 10.5 Å². The third-order valence-electron chi connectivity index (χ3n) is 2.97. The van der Waals surface area contributed by atoms with E-state index in [-0.39, 0.29) is 25.1 Å². The first-order chi connectivity index (χ1) is 9.29. The predicted octanol–water partition coefficient (Wildman–Crippen LogP) is 3.07. The van der Waals surface area contributed by atoms with Crippen molar-refractivity contribution >= 4 is 12.4 Å². The molecular weight excluding hydrogens is 274 g/mol. The molecule has 0 saturated heterocycles. The average Bonchev–Trinajstić information content (AvgIpc) is 2.47. The third-order valence-corrected chi connectivity index (χ3v) is 2.97. The molecule has 108 valence electrons. The Balaban J connectivity index is 0.00000200. The van der Waals surface area contributed by atoms with Crippen LogP contribution in [0.1, 0.15) is 23.6 Å². The summed E-state index contributed by atoms with van der Waals surface area (Å²) in [6, 6.07) is 17.6. The summed E-state index contributed by atoms with van der Waals surface area (Å²) in [5.74, 6) is 0.801. The SMILES string of the molecule is Cl.NC(CCO)c1cccc(OCc2ccccc2)c1. The largest absolute Gasteiger partial charge is 0.489 e. The Labute approximate surface area is 125 Å². The van der Waals surface area contributed by atoms with E-state index in [0.29, 0.717) is 13.0 Å². The van der Waals surface area contributed by atoms with E-state index in [2.05, 4.69) is 0 Å². The molecule has 1 atom stereocenters. The molecule has 0 aliphatic rings. The first-order valence-electron chi connectivity index (χ1n) is 6.42. The maximum absolute atomic E-state index is 8.91. The lowest BCUT2D eigenvalue weighted by Crippen LogP contribution is -2.11. The van der Waals surface area contributed by atoms with Crippen LogP contribution in [0.4, 0.5) is 0 Å². The lowest BCUT2D eigenvalue weighted by molar-refractivity contribution is 0.276. The monoisotopic (exact) mass is 293 g/mol. The summed E-state index contributed by atoms with van der Waals surface area (Å²) in [5.41, 5.74) is 8.08. The molecule has 20 heavy (non-hydrogen) atoms. The van der Waals surface area contributed by atoms with Crippen LogP contribution in [0.3, 0.4) is 0 Å². The van der Waals surface area contributed by atoms with Crippen LogP contribution in [0.2, 0.25) is 0 Å². The summed E-state index contributed by atoms with van der Waals surface area (Å²) in [6.07, 6.45) is 0.558. The van der Waals surface area contributed by atoms with Gasteiger partial charge in [0, 0.05) is 12.6 Å². The normalized spacial score (nSPS) is 11.5. The summed E-state index contributed by atoms with van der Waals surface area (Å²) in [6.45, 7) is 0.635. The molecule has 0 spiro atoms. The second kappa shape index (κ2) is 8.59. The van der Waals surface area contributed by atoms with Gasteiger partial charge in [-0.2, -0.15) is 0 Å². The van der Waals surface area contributed by atoms with E-state index in [1.54, 1.807) is 0 Å². The van der Waals surface area contributed by atoms with Gasteiger partial charge in [-0.25, -0.2) is 0 Å². The number of halogens is 1. The topological polar surface area (TPSA) is 55.5 Å². The molecule has 4 heteroatoms. The van der Waals surface area contributed by atoms with Gasteiger partial charge in [0.05, 0.1) is 0 Å². The molecule has 0 aliphatic heterocycles. The van der Waals surface area contributed by atoms with E-state index < -0.39 is 0 Å². The number of benzene rings is 2. The fourth-order valence-corrected chi connectivity index (χ4v) is 1.88. The van der Waals surface area contributed by atoms with E-state index in [9.17, 15) is 0 Å². The quantitative estimate of drug-likeness (QED) is 0.860. The van der Waals surface area contributed by atoms with Gasteiger partial charge in [0.2, 0.25) is 0 Å². The molecular formula is C16H20ClNO2. The number of ether oxygens (including phenoxy) is 1. The molecule has 0 heterocycles. The van der Waals surface area contributed by atoms with Gasteiger partial charge in [-0.1, -0.05) is 42.5 Å². The maximum Gasteiger partial charge on any atom is 0.120 e. The van der Waals surface area contributed by atoms with Crippen LogP contribution in [0.25, 0.3) is 0 Å². The van der Waals surface area contributed by atoms with E-state index in [1.807, 2.05) is 54.6 Å². The highest BCUT2D eigenvalue weighted by Crippen LogP contribution is 2.20. The van der Waals surface area contributed by atoms with E-state index >= 15 is 0 Å². The van der Waals surface area contributed by atoms with Crippen LogP contribution in [0, 0.1) is 0 Å². The summed E-state index contributed by atoms with van der Waals surface area (Å²) < 4.78 is 5.74. The molecule has 3 nitrogen and oxygen atoms in total. The van der Waals surface area contributed by atoms with Crippen LogP contribution in [0.15, 0.2) is 54.6 Å². The molecule has 0 aromatic heterocycles. The van der Waals surface area contributed by atoms with E-state index in [0.717, 1.165) is 16.9 Å². The van der Waals surface area contributed by atoms with Gasteiger partial charge >= 0.3 is 0 Å². The van der Waals surface area contributed by atoms with Gasteiger partial charge in [-0.05, 0) is 29.7 Å². The Hall–Kier alpha value is -1.55. The standard InChI is InChI=1S/C16H19NO2.ClH/c17-16(9-10-18)14-7-4-8-15(11-14)19-12-13-5-2-1-3-6-13;/h1-8,11,16,18H,9-10,12,17H2;1H. The number of rotatable bonds is 6. The summed E-state index contributed by atoms with van der Waals surface area (Å²) in [7, 11) is 0. The first kappa shape index (κ1) is 16.5. The van der Waals surface area contributed by atoms with Crippen molar-refractivity contribution in [2.24, 2.45) is 5.73 Å².